The number of hydrogen-bond acceptors (Lipinski definition) is 1. The summed E-state index contributed by atoms with van der Waals surface area (Å²) in [4.78, 5) is 4.55. The highest BCUT2D eigenvalue weighted by Gasteiger charge is 2.08. The molecule has 0 spiro atoms. The van der Waals surface area contributed by atoms with E-state index >= 15 is 0 Å². The fourth-order valence-corrected chi connectivity index (χ4v) is 2.03. The summed E-state index contributed by atoms with van der Waals surface area (Å²) < 4.78 is 2.11. The third-order valence-corrected chi connectivity index (χ3v) is 2.78. The van der Waals surface area contributed by atoms with Gasteiger partial charge in [0.2, 0.25) is 0 Å². The number of benzene rings is 2. The largest absolute Gasteiger partial charge is 0.293 e. The number of para-hydroxylation sites is 3. The van der Waals surface area contributed by atoms with E-state index in [1.165, 1.54) is 0 Å². The molecule has 0 saturated heterocycles. The molecule has 3 rings (SSSR count). The molecule has 2 heteroatoms. The minimum atomic E-state index is 0.873. The molecule has 0 amide bonds. The summed E-state index contributed by atoms with van der Waals surface area (Å²) in [6, 6.07) is 18.3. The van der Waals surface area contributed by atoms with Gasteiger partial charge in [-0.3, -0.25) is 4.57 Å². The van der Waals surface area contributed by atoms with Crippen LogP contribution in [-0.2, 0) is 0 Å². The molecule has 2 nitrogen and oxygen atoms in total. The van der Waals surface area contributed by atoms with E-state index in [1.807, 2.05) is 36.4 Å². The van der Waals surface area contributed by atoms with Crippen molar-refractivity contribution in [2.45, 2.75) is 0 Å². The van der Waals surface area contributed by atoms with Gasteiger partial charge in [0.25, 0.3) is 0 Å². The van der Waals surface area contributed by atoms with Crippen molar-refractivity contribution >= 4 is 17.1 Å². The van der Waals surface area contributed by atoms with Gasteiger partial charge < -0.3 is 0 Å². The Morgan fingerprint density at radius 2 is 1.65 bits per heavy atom. The maximum absolute atomic E-state index is 4.55. The number of imidazole rings is 1. The molecule has 2 aromatic carbocycles. The summed E-state index contributed by atoms with van der Waals surface area (Å²) in [6.07, 6.45) is 1.78. The highest BCUT2D eigenvalue weighted by molar-refractivity contribution is 5.80. The molecule has 0 atom stereocenters. The fraction of sp³-hybridized carbons (Fsp3) is 0. The quantitative estimate of drug-likeness (QED) is 0.644. The summed E-state index contributed by atoms with van der Waals surface area (Å²) in [5.74, 6) is 0.873. The highest BCUT2D eigenvalue weighted by Crippen LogP contribution is 2.21. The third-order valence-electron chi connectivity index (χ3n) is 2.78. The van der Waals surface area contributed by atoms with E-state index in [4.69, 9.17) is 0 Å². The molecule has 0 aliphatic carbocycles. The Balaban J connectivity index is 2.38. The Labute approximate surface area is 99.8 Å². The van der Waals surface area contributed by atoms with Gasteiger partial charge in [0, 0.05) is 5.69 Å². The van der Waals surface area contributed by atoms with Crippen molar-refractivity contribution in [3.05, 3.63) is 67.0 Å². The molecule has 0 fully saturated rings. The van der Waals surface area contributed by atoms with E-state index in [-0.39, 0.29) is 0 Å². The van der Waals surface area contributed by atoms with Crippen LogP contribution in [0.4, 0.5) is 0 Å². The van der Waals surface area contributed by atoms with Crippen molar-refractivity contribution in [2.24, 2.45) is 0 Å². The first-order valence-corrected chi connectivity index (χ1v) is 5.55. The number of fused-ring (bicyclic) bond motifs is 1. The van der Waals surface area contributed by atoms with Crippen LogP contribution in [0.1, 0.15) is 5.82 Å². The summed E-state index contributed by atoms with van der Waals surface area (Å²) in [7, 11) is 0. The average molecular weight is 220 g/mol. The van der Waals surface area contributed by atoms with Crippen LogP contribution in [-0.4, -0.2) is 9.55 Å². The lowest BCUT2D eigenvalue weighted by atomic mass is 10.3. The van der Waals surface area contributed by atoms with E-state index in [9.17, 15) is 0 Å². The first-order valence-electron chi connectivity index (χ1n) is 5.55. The van der Waals surface area contributed by atoms with E-state index < -0.39 is 0 Å². The van der Waals surface area contributed by atoms with Crippen molar-refractivity contribution in [1.29, 1.82) is 0 Å². The maximum Gasteiger partial charge on any atom is 0.137 e. The van der Waals surface area contributed by atoms with E-state index in [0.29, 0.717) is 0 Å². The second-order valence-electron chi connectivity index (χ2n) is 3.83. The maximum atomic E-state index is 4.55. The van der Waals surface area contributed by atoms with Crippen LogP contribution < -0.4 is 0 Å². The average Bonchev–Trinajstić information content (AvgIpc) is 2.78. The third kappa shape index (κ3) is 1.54. The van der Waals surface area contributed by atoms with Crippen molar-refractivity contribution < 1.29 is 0 Å². The number of hydrogen-bond donors (Lipinski definition) is 0. The molecule has 1 heterocycles. The molecule has 0 N–H and O–H groups in total. The lowest BCUT2D eigenvalue weighted by Crippen LogP contribution is -1.95. The molecule has 17 heavy (non-hydrogen) atoms. The summed E-state index contributed by atoms with van der Waals surface area (Å²) in [5, 5.41) is 0. The Hall–Kier alpha value is -2.35. The molecule has 0 unspecified atom stereocenters. The minimum Gasteiger partial charge on any atom is -0.293 e. The zero-order valence-corrected chi connectivity index (χ0v) is 9.38. The van der Waals surface area contributed by atoms with Crippen LogP contribution in [0.15, 0.2) is 61.2 Å². The first kappa shape index (κ1) is 9.85. The molecule has 1 aromatic heterocycles. The van der Waals surface area contributed by atoms with Gasteiger partial charge in [0.15, 0.2) is 0 Å². The lowest BCUT2D eigenvalue weighted by molar-refractivity contribution is 1.07. The standard InChI is InChI=1S/C15H12N2/c1-2-15-16-13-10-6-7-11-14(13)17(15)12-8-4-3-5-9-12/h2-11H,1H2. The summed E-state index contributed by atoms with van der Waals surface area (Å²) >= 11 is 0. The number of rotatable bonds is 2. The molecular weight excluding hydrogens is 208 g/mol. The molecular formula is C15H12N2. The molecule has 0 radical (unpaired) electrons. The van der Waals surface area contributed by atoms with E-state index in [2.05, 4.69) is 34.3 Å². The topological polar surface area (TPSA) is 17.8 Å². The second kappa shape index (κ2) is 3.91. The minimum absolute atomic E-state index is 0.873. The Bertz CT molecular complexity index is 666. The Kier molecular flexibility index (Phi) is 2.26. The number of aromatic nitrogens is 2. The Morgan fingerprint density at radius 3 is 2.41 bits per heavy atom. The molecule has 82 valence electrons. The van der Waals surface area contributed by atoms with Crippen LogP contribution in [0.25, 0.3) is 22.8 Å². The van der Waals surface area contributed by atoms with Crippen LogP contribution in [0, 0.1) is 0 Å². The highest BCUT2D eigenvalue weighted by atomic mass is 15.1. The molecule has 3 aromatic rings. The zero-order valence-electron chi connectivity index (χ0n) is 9.38. The van der Waals surface area contributed by atoms with Crippen molar-refractivity contribution in [3.8, 4) is 5.69 Å². The van der Waals surface area contributed by atoms with Gasteiger partial charge in [-0.1, -0.05) is 36.9 Å². The van der Waals surface area contributed by atoms with Crippen molar-refractivity contribution in [2.75, 3.05) is 0 Å². The van der Waals surface area contributed by atoms with Crippen molar-refractivity contribution in [1.82, 2.24) is 9.55 Å². The molecule has 0 aliphatic rings. The van der Waals surface area contributed by atoms with Gasteiger partial charge in [-0.15, -0.1) is 0 Å². The lowest BCUT2D eigenvalue weighted by Gasteiger charge is -2.06. The summed E-state index contributed by atoms with van der Waals surface area (Å²) in [5.41, 5.74) is 3.20. The molecule has 0 aliphatic heterocycles. The van der Waals surface area contributed by atoms with Gasteiger partial charge >= 0.3 is 0 Å². The van der Waals surface area contributed by atoms with Gasteiger partial charge in [0.05, 0.1) is 11.0 Å². The van der Waals surface area contributed by atoms with Gasteiger partial charge in [0.1, 0.15) is 5.82 Å². The van der Waals surface area contributed by atoms with Crippen LogP contribution in [0.3, 0.4) is 0 Å². The molecule has 0 bridgehead atoms. The van der Waals surface area contributed by atoms with Gasteiger partial charge in [-0.25, -0.2) is 4.98 Å². The zero-order chi connectivity index (χ0) is 11.7. The summed E-state index contributed by atoms with van der Waals surface area (Å²) in [6.45, 7) is 3.83. The van der Waals surface area contributed by atoms with Crippen LogP contribution in [0.5, 0.6) is 0 Å². The molecule has 0 saturated carbocycles. The van der Waals surface area contributed by atoms with Gasteiger partial charge in [-0.2, -0.15) is 0 Å². The van der Waals surface area contributed by atoms with E-state index in [0.717, 1.165) is 22.5 Å². The van der Waals surface area contributed by atoms with Gasteiger partial charge in [-0.05, 0) is 30.3 Å². The predicted octanol–water partition coefficient (Wildman–Crippen LogP) is 3.67. The predicted molar refractivity (Wildman–Crippen MR) is 71.2 cm³/mol. The smallest absolute Gasteiger partial charge is 0.137 e. The normalized spacial score (nSPS) is 10.6. The Morgan fingerprint density at radius 1 is 0.941 bits per heavy atom. The van der Waals surface area contributed by atoms with Crippen molar-refractivity contribution in [3.63, 3.8) is 0 Å². The van der Waals surface area contributed by atoms with Crippen LogP contribution >= 0.6 is 0 Å². The SMILES string of the molecule is C=Cc1nc2ccccc2n1-c1ccccc1. The van der Waals surface area contributed by atoms with Crippen LogP contribution in [0.2, 0.25) is 0 Å². The second-order valence-corrected chi connectivity index (χ2v) is 3.83. The first-order chi connectivity index (χ1) is 8.40. The van der Waals surface area contributed by atoms with E-state index in [1.54, 1.807) is 6.08 Å². The monoisotopic (exact) mass is 220 g/mol. The number of nitrogens with zero attached hydrogens (tertiary/aromatic N) is 2. The fourth-order valence-electron chi connectivity index (χ4n) is 2.03.